The van der Waals surface area contributed by atoms with Gasteiger partial charge in [0.05, 0.1) is 17.6 Å². The van der Waals surface area contributed by atoms with Crippen molar-refractivity contribution >= 4 is 11.6 Å². The Bertz CT molecular complexity index is 653. The van der Waals surface area contributed by atoms with Crippen LogP contribution >= 0.6 is 0 Å². The summed E-state index contributed by atoms with van der Waals surface area (Å²) in [5, 5.41) is 6.01. The molecular formula is C15H17N5O. The second-order valence-electron chi connectivity index (χ2n) is 5.35. The molecule has 3 heterocycles. The molecule has 0 aliphatic carbocycles. The summed E-state index contributed by atoms with van der Waals surface area (Å²) in [5.41, 5.74) is 3.41. The van der Waals surface area contributed by atoms with Gasteiger partial charge in [0, 0.05) is 24.0 Å². The minimum atomic E-state index is -0.411. The van der Waals surface area contributed by atoms with E-state index >= 15 is 0 Å². The lowest BCUT2D eigenvalue weighted by Crippen LogP contribution is -2.28. The Balaban J connectivity index is 1.73. The zero-order valence-corrected chi connectivity index (χ0v) is 12.0. The van der Waals surface area contributed by atoms with Crippen molar-refractivity contribution < 1.29 is 4.79 Å². The number of aromatic nitrogens is 3. The molecule has 0 fully saturated rings. The van der Waals surface area contributed by atoms with Gasteiger partial charge in [-0.25, -0.2) is 9.97 Å². The Kier molecular flexibility index (Phi) is 3.62. The van der Waals surface area contributed by atoms with E-state index in [1.807, 2.05) is 12.1 Å². The fourth-order valence-electron chi connectivity index (χ4n) is 2.33. The molecule has 2 aromatic heterocycles. The number of pyridine rings is 1. The number of nitrogens with zero attached hydrogens (tertiary/aromatic N) is 3. The lowest BCUT2D eigenvalue weighted by atomic mass is 10.1. The molecule has 0 radical (unpaired) electrons. The fourth-order valence-corrected chi connectivity index (χ4v) is 2.33. The Morgan fingerprint density at radius 1 is 1.33 bits per heavy atom. The molecule has 2 N–H and O–H groups in total. The molecule has 21 heavy (non-hydrogen) atoms. The Morgan fingerprint density at radius 2 is 2.19 bits per heavy atom. The number of carbonyl (C=O) groups is 1. The fraction of sp³-hybridized carbons (Fsp3) is 0.333. The van der Waals surface area contributed by atoms with E-state index < -0.39 is 6.04 Å². The molecule has 0 aromatic carbocycles. The number of fused-ring (bicyclic) bond motifs is 1. The molecule has 0 spiro atoms. The van der Waals surface area contributed by atoms with E-state index in [-0.39, 0.29) is 5.91 Å². The molecule has 2 aromatic rings. The van der Waals surface area contributed by atoms with Gasteiger partial charge in [-0.2, -0.15) is 0 Å². The van der Waals surface area contributed by atoms with Crippen LogP contribution in [0.5, 0.6) is 0 Å². The summed E-state index contributed by atoms with van der Waals surface area (Å²) in [4.78, 5) is 24.8. The van der Waals surface area contributed by atoms with Crippen molar-refractivity contribution in [2.75, 3.05) is 5.32 Å². The van der Waals surface area contributed by atoms with Crippen LogP contribution in [0.3, 0.4) is 0 Å². The normalized spacial score (nSPS) is 16.8. The van der Waals surface area contributed by atoms with Crippen LogP contribution in [0.4, 0.5) is 5.69 Å². The smallest absolute Gasteiger partial charge is 0.246 e. The topological polar surface area (TPSA) is 79.8 Å². The Labute approximate surface area is 123 Å². The third kappa shape index (κ3) is 2.75. The van der Waals surface area contributed by atoms with E-state index in [1.54, 1.807) is 12.4 Å². The molecule has 108 valence electrons. The lowest BCUT2D eigenvalue weighted by Gasteiger charge is -2.12. The summed E-state index contributed by atoms with van der Waals surface area (Å²) in [6.07, 6.45) is 4.87. The van der Waals surface area contributed by atoms with Crippen LogP contribution in [0.1, 0.15) is 42.8 Å². The van der Waals surface area contributed by atoms with Crippen molar-refractivity contribution in [3.8, 4) is 0 Å². The van der Waals surface area contributed by atoms with E-state index in [2.05, 4.69) is 39.4 Å². The van der Waals surface area contributed by atoms with Crippen molar-refractivity contribution in [1.82, 2.24) is 20.3 Å². The molecule has 6 nitrogen and oxygen atoms in total. The number of hydrogen-bond acceptors (Lipinski definition) is 5. The summed E-state index contributed by atoms with van der Waals surface area (Å²) >= 11 is 0. The van der Waals surface area contributed by atoms with Crippen molar-refractivity contribution in [1.29, 1.82) is 0 Å². The van der Waals surface area contributed by atoms with Gasteiger partial charge >= 0.3 is 0 Å². The number of anilines is 1. The second-order valence-corrected chi connectivity index (χ2v) is 5.35. The molecule has 0 saturated carbocycles. The summed E-state index contributed by atoms with van der Waals surface area (Å²) in [6.45, 7) is 4.75. The van der Waals surface area contributed by atoms with E-state index in [0.29, 0.717) is 18.2 Å². The third-order valence-electron chi connectivity index (χ3n) is 3.52. The lowest BCUT2D eigenvalue weighted by molar-refractivity contribution is -0.118. The minimum Gasteiger partial charge on any atom is -0.323 e. The SMILES string of the molecule is CC(C)c1ccc(NC(=O)C2NCc3ncncc32)cn1. The zero-order valence-electron chi connectivity index (χ0n) is 12.0. The van der Waals surface area contributed by atoms with Gasteiger partial charge in [-0.3, -0.25) is 15.1 Å². The van der Waals surface area contributed by atoms with Gasteiger partial charge in [0.1, 0.15) is 12.4 Å². The Morgan fingerprint density at radius 3 is 2.90 bits per heavy atom. The molecule has 0 saturated heterocycles. The van der Waals surface area contributed by atoms with E-state index in [9.17, 15) is 4.79 Å². The standard InChI is InChI=1S/C15H17N5O/c1-9(2)12-4-3-10(5-17-12)20-15(21)14-11-6-16-8-19-13(11)7-18-14/h3-6,8-9,14,18H,7H2,1-2H3,(H,20,21). The van der Waals surface area contributed by atoms with E-state index in [4.69, 9.17) is 0 Å². The van der Waals surface area contributed by atoms with Gasteiger partial charge in [0.25, 0.3) is 0 Å². The molecule has 1 aliphatic heterocycles. The zero-order chi connectivity index (χ0) is 14.8. The largest absolute Gasteiger partial charge is 0.323 e. The highest BCUT2D eigenvalue weighted by Gasteiger charge is 2.29. The highest BCUT2D eigenvalue weighted by Crippen LogP contribution is 2.24. The molecule has 3 rings (SSSR count). The highest BCUT2D eigenvalue weighted by atomic mass is 16.2. The average molecular weight is 283 g/mol. The minimum absolute atomic E-state index is 0.123. The van der Waals surface area contributed by atoms with Gasteiger partial charge in [-0.05, 0) is 18.1 Å². The van der Waals surface area contributed by atoms with Gasteiger partial charge in [0.2, 0.25) is 5.91 Å². The molecular weight excluding hydrogens is 266 g/mol. The monoisotopic (exact) mass is 283 g/mol. The van der Waals surface area contributed by atoms with Crippen LogP contribution in [-0.4, -0.2) is 20.9 Å². The van der Waals surface area contributed by atoms with Crippen molar-refractivity contribution in [3.05, 3.63) is 47.8 Å². The van der Waals surface area contributed by atoms with Crippen LogP contribution in [0, 0.1) is 0 Å². The molecule has 0 bridgehead atoms. The molecule has 6 heteroatoms. The molecule has 1 unspecified atom stereocenters. The number of hydrogen-bond donors (Lipinski definition) is 2. The van der Waals surface area contributed by atoms with Gasteiger partial charge in [-0.15, -0.1) is 0 Å². The first-order valence-electron chi connectivity index (χ1n) is 6.94. The van der Waals surface area contributed by atoms with Crippen molar-refractivity contribution in [3.63, 3.8) is 0 Å². The first-order chi connectivity index (χ1) is 10.1. The van der Waals surface area contributed by atoms with E-state index in [1.165, 1.54) is 6.33 Å². The van der Waals surface area contributed by atoms with Crippen molar-refractivity contribution in [2.24, 2.45) is 0 Å². The van der Waals surface area contributed by atoms with Crippen molar-refractivity contribution in [2.45, 2.75) is 32.4 Å². The average Bonchev–Trinajstić information content (AvgIpc) is 2.92. The molecule has 1 atom stereocenters. The number of nitrogens with one attached hydrogen (secondary N) is 2. The van der Waals surface area contributed by atoms with Crippen LogP contribution < -0.4 is 10.6 Å². The van der Waals surface area contributed by atoms with Gasteiger partial charge in [0.15, 0.2) is 0 Å². The van der Waals surface area contributed by atoms with Crippen LogP contribution in [0.2, 0.25) is 0 Å². The number of rotatable bonds is 3. The number of amides is 1. The first kappa shape index (κ1) is 13.6. The summed E-state index contributed by atoms with van der Waals surface area (Å²) in [7, 11) is 0. The predicted octanol–water partition coefficient (Wildman–Crippen LogP) is 1.78. The van der Waals surface area contributed by atoms with Gasteiger partial charge < -0.3 is 5.32 Å². The van der Waals surface area contributed by atoms with Crippen LogP contribution in [-0.2, 0) is 11.3 Å². The molecule has 1 amide bonds. The number of carbonyl (C=O) groups excluding carboxylic acids is 1. The maximum atomic E-state index is 12.3. The second kappa shape index (κ2) is 5.57. The molecule has 1 aliphatic rings. The maximum absolute atomic E-state index is 12.3. The van der Waals surface area contributed by atoms with Crippen LogP contribution in [0.15, 0.2) is 30.9 Å². The van der Waals surface area contributed by atoms with Crippen LogP contribution in [0.25, 0.3) is 0 Å². The third-order valence-corrected chi connectivity index (χ3v) is 3.52. The quantitative estimate of drug-likeness (QED) is 0.897. The summed E-state index contributed by atoms with van der Waals surface area (Å²) in [5.74, 6) is 0.248. The summed E-state index contributed by atoms with van der Waals surface area (Å²) in [6, 6.07) is 3.39. The predicted molar refractivity (Wildman–Crippen MR) is 78.6 cm³/mol. The first-order valence-corrected chi connectivity index (χ1v) is 6.94. The van der Waals surface area contributed by atoms with E-state index in [0.717, 1.165) is 17.0 Å². The van der Waals surface area contributed by atoms with Gasteiger partial charge in [-0.1, -0.05) is 13.8 Å². The highest BCUT2D eigenvalue weighted by molar-refractivity contribution is 5.95. The Hall–Kier alpha value is -2.34. The summed E-state index contributed by atoms with van der Waals surface area (Å²) < 4.78 is 0. The maximum Gasteiger partial charge on any atom is 0.246 e.